The van der Waals surface area contributed by atoms with Gasteiger partial charge in [-0.2, -0.15) is 13.2 Å². The van der Waals surface area contributed by atoms with Crippen molar-refractivity contribution >= 4 is 34.9 Å². The van der Waals surface area contributed by atoms with Crippen molar-refractivity contribution in [3.05, 3.63) is 47.1 Å². The van der Waals surface area contributed by atoms with Crippen LogP contribution in [-0.4, -0.2) is 11.2 Å². The van der Waals surface area contributed by atoms with Crippen molar-refractivity contribution in [3.8, 4) is 0 Å². The molecule has 2 rings (SSSR count). The second-order valence-corrected chi connectivity index (χ2v) is 5.18. The molecule has 0 atom stereocenters. The van der Waals surface area contributed by atoms with Gasteiger partial charge in [-0.15, -0.1) is 11.8 Å². The molecule has 1 aromatic heterocycles. The summed E-state index contributed by atoms with van der Waals surface area (Å²) in [4.78, 5) is 4.98. The van der Waals surface area contributed by atoms with Crippen LogP contribution in [0.4, 0.5) is 24.7 Å². The quantitative estimate of drug-likeness (QED) is 0.620. The molecule has 1 N–H and O–H groups in total. The maximum Gasteiger partial charge on any atom is 0.416 e. The zero-order chi connectivity index (χ0) is 14.8. The molecule has 1 aromatic carbocycles. The van der Waals surface area contributed by atoms with E-state index in [-0.39, 0.29) is 0 Å². The zero-order valence-electron chi connectivity index (χ0n) is 10.3. The highest BCUT2D eigenvalue weighted by molar-refractivity contribution is 7.98. The molecule has 0 aliphatic carbocycles. The molecule has 0 aliphatic rings. The minimum Gasteiger partial charge on any atom is -0.340 e. The topological polar surface area (TPSA) is 24.9 Å². The van der Waals surface area contributed by atoms with Crippen LogP contribution < -0.4 is 5.32 Å². The fourth-order valence-corrected chi connectivity index (χ4v) is 2.28. The Balaban J connectivity index is 2.20. The summed E-state index contributed by atoms with van der Waals surface area (Å²) in [5, 5.41) is 3.25. The average molecular weight is 319 g/mol. The molecular formula is C13H10ClF3N2S. The van der Waals surface area contributed by atoms with Crippen molar-refractivity contribution < 1.29 is 13.2 Å². The Hall–Kier alpha value is -1.40. The Morgan fingerprint density at radius 1 is 1.15 bits per heavy atom. The minimum absolute atomic E-state index is 0.325. The highest BCUT2D eigenvalue weighted by atomic mass is 35.5. The molecule has 0 aliphatic heterocycles. The lowest BCUT2D eigenvalue weighted by molar-refractivity contribution is -0.137. The van der Waals surface area contributed by atoms with E-state index in [0.29, 0.717) is 16.7 Å². The second-order valence-electron chi connectivity index (χ2n) is 3.92. The minimum atomic E-state index is -4.33. The van der Waals surface area contributed by atoms with E-state index in [4.69, 9.17) is 11.6 Å². The van der Waals surface area contributed by atoms with E-state index in [1.165, 1.54) is 23.9 Å². The summed E-state index contributed by atoms with van der Waals surface area (Å²) in [6.45, 7) is 0. The van der Waals surface area contributed by atoms with Crippen LogP contribution in [0.25, 0.3) is 0 Å². The summed E-state index contributed by atoms with van der Waals surface area (Å²) in [6, 6.07) is 8.22. The third-order valence-electron chi connectivity index (χ3n) is 2.49. The molecule has 0 unspecified atom stereocenters. The molecular weight excluding hydrogens is 309 g/mol. The van der Waals surface area contributed by atoms with Gasteiger partial charge in [-0.1, -0.05) is 11.6 Å². The fourth-order valence-electron chi connectivity index (χ4n) is 1.55. The van der Waals surface area contributed by atoms with Crippen molar-refractivity contribution in [2.75, 3.05) is 11.6 Å². The van der Waals surface area contributed by atoms with Gasteiger partial charge in [-0.25, -0.2) is 4.98 Å². The first kappa shape index (κ1) is 15.0. The number of nitrogens with zero attached hydrogens (tertiary/aromatic N) is 1. The summed E-state index contributed by atoms with van der Waals surface area (Å²) >= 11 is 7.37. The van der Waals surface area contributed by atoms with E-state index in [1.54, 1.807) is 12.1 Å². The molecule has 106 valence electrons. The smallest absolute Gasteiger partial charge is 0.340 e. The number of nitrogens with one attached hydrogen (secondary N) is 1. The number of aromatic nitrogens is 1. The Bertz CT molecular complexity index is 600. The van der Waals surface area contributed by atoms with Gasteiger partial charge in [0, 0.05) is 10.6 Å². The molecule has 1 heterocycles. The van der Waals surface area contributed by atoms with Gasteiger partial charge in [0.1, 0.15) is 11.0 Å². The predicted octanol–water partition coefficient (Wildman–Crippen LogP) is 5.22. The number of benzene rings is 1. The van der Waals surface area contributed by atoms with Gasteiger partial charge < -0.3 is 5.32 Å². The van der Waals surface area contributed by atoms with Crippen molar-refractivity contribution in [1.82, 2.24) is 4.98 Å². The number of anilines is 2. The molecule has 7 heteroatoms. The summed E-state index contributed by atoms with van der Waals surface area (Å²) < 4.78 is 37.3. The van der Waals surface area contributed by atoms with Gasteiger partial charge in [0.2, 0.25) is 0 Å². The van der Waals surface area contributed by atoms with Crippen LogP contribution in [0.15, 0.2) is 41.3 Å². The maximum absolute atomic E-state index is 12.4. The Morgan fingerprint density at radius 3 is 2.35 bits per heavy atom. The third kappa shape index (κ3) is 3.80. The molecule has 0 bridgehead atoms. The van der Waals surface area contributed by atoms with Crippen LogP contribution in [0.5, 0.6) is 0 Å². The molecule has 0 saturated carbocycles. The van der Waals surface area contributed by atoms with E-state index < -0.39 is 11.7 Å². The van der Waals surface area contributed by atoms with E-state index in [2.05, 4.69) is 10.3 Å². The van der Waals surface area contributed by atoms with E-state index >= 15 is 0 Å². The van der Waals surface area contributed by atoms with Gasteiger partial charge in [0.05, 0.1) is 5.56 Å². The Kier molecular flexibility index (Phi) is 4.45. The van der Waals surface area contributed by atoms with Gasteiger partial charge in [0.15, 0.2) is 0 Å². The molecule has 0 radical (unpaired) electrons. The number of halogens is 4. The third-order valence-corrected chi connectivity index (χ3v) is 3.39. The zero-order valence-corrected chi connectivity index (χ0v) is 11.9. The number of rotatable bonds is 3. The average Bonchev–Trinajstić information content (AvgIpc) is 2.37. The number of thioether (sulfide) groups is 1. The summed E-state index contributed by atoms with van der Waals surface area (Å²) in [7, 11) is 0. The van der Waals surface area contributed by atoms with Crippen molar-refractivity contribution in [1.29, 1.82) is 0 Å². The summed E-state index contributed by atoms with van der Waals surface area (Å²) in [5.41, 5.74) is -0.174. The van der Waals surface area contributed by atoms with Crippen LogP contribution in [0.3, 0.4) is 0 Å². The highest BCUT2D eigenvalue weighted by Gasteiger charge is 2.29. The van der Waals surface area contributed by atoms with Crippen LogP contribution in [0, 0.1) is 0 Å². The first-order chi connectivity index (χ1) is 9.38. The van der Waals surface area contributed by atoms with E-state index in [0.717, 1.165) is 17.0 Å². The number of hydrogen-bond donors (Lipinski definition) is 1. The van der Waals surface area contributed by atoms with Crippen LogP contribution in [-0.2, 0) is 6.18 Å². The molecule has 2 aromatic rings. The van der Waals surface area contributed by atoms with Gasteiger partial charge >= 0.3 is 6.18 Å². The number of pyridine rings is 1. The molecule has 0 saturated heterocycles. The fraction of sp³-hybridized carbons (Fsp3) is 0.154. The lowest BCUT2D eigenvalue weighted by atomic mass is 10.2. The van der Waals surface area contributed by atoms with Gasteiger partial charge in [-0.05, 0) is 42.7 Å². The molecule has 0 amide bonds. The van der Waals surface area contributed by atoms with Crippen molar-refractivity contribution in [2.45, 2.75) is 11.1 Å². The largest absolute Gasteiger partial charge is 0.416 e. The maximum atomic E-state index is 12.4. The SMILES string of the molecule is CSc1cc(Cl)nc(Nc2ccc(C(F)(F)F)cc2)c1. The van der Waals surface area contributed by atoms with Crippen molar-refractivity contribution in [3.63, 3.8) is 0 Å². The second kappa shape index (κ2) is 5.93. The van der Waals surface area contributed by atoms with Gasteiger partial charge in [-0.3, -0.25) is 0 Å². The molecule has 20 heavy (non-hydrogen) atoms. The van der Waals surface area contributed by atoms with Crippen molar-refractivity contribution in [2.24, 2.45) is 0 Å². The lowest BCUT2D eigenvalue weighted by Crippen LogP contribution is -2.04. The van der Waals surface area contributed by atoms with E-state index in [9.17, 15) is 13.2 Å². The number of hydrogen-bond acceptors (Lipinski definition) is 3. The molecule has 2 nitrogen and oxygen atoms in total. The first-order valence-electron chi connectivity index (χ1n) is 5.54. The summed E-state index contributed by atoms with van der Waals surface area (Å²) in [5.74, 6) is 0.488. The van der Waals surface area contributed by atoms with E-state index in [1.807, 2.05) is 6.26 Å². The molecule has 0 spiro atoms. The summed E-state index contributed by atoms with van der Waals surface area (Å²) in [6.07, 6.45) is -2.44. The highest BCUT2D eigenvalue weighted by Crippen LogP contribution is 2.30. The van der Waals surface area contributed by atoms with Crippen LogP contribution >= 0.6 is 23.4 Å². The Labute approximate surface area is 123 Å². The standard InChI is InChI=1S/C13H10ClF3N2S/c1-20-10-6-11(14)19-12(7-10)18-9-4-2-8(3-5-9)13(15,16)17/h2-7H,1H3,(H,18,19). The normalized spacial score (nSPS) is 11.4. The number of alkyl halides is 3. The van der Waals surface area contributed by atoms with Gasteiger partial charge in [0.25, 0.3) is 0 Å². The van der Waals surface area contributed by atoms with Crippen LogP contribution in [0.1, 0.15) is 5.56 Å². The van der Waals surface area contributed by atoms with Crippen LogP contribution in [0.2, 0.25) is 5.15 Å². The molecule has 0 fully saturated rings. The Morgan fingerprint density at radius 2 is 1.80 bits per heavy atom. The monoisotopic (exact) mass is 318 g/mol. The lowest BCUT2D eigenvalue weighted by Gasteiger charge is -2.10. The first-order valence-corrected chi connectivity index (χ1v) is 7.14. The predicted molar refractivity (Wildman–Crippen MR) is 75.8 cm³/mol.